The van der Waals surface area contributed by atoms with Gasteiger partial charge in [-0.1, -0.05) is 12.1 Å². The maximum absolute atomic E-state index is 12.3. The summed E-state index contributed by atoms with van der Waals surface area (Å²) < 4.78 is 33.3. The number of piperazine rings is 2. The molecule has 4 fully saturated rings. The third kappa shape index (κ3) is 8.67. The Kier molecular flexibility index (Phi) is 10.7. The summed E-state index contributed by atoms with van der Waals surface area (Å²) in [6, 6.07) is 12.0. The Hall–Kier alpha value is -4.24. The van der Waals surface area contributed by atoms with Crippen molar-refractivity contribution in [2.75, 3.05) is 65.6 Å². The first-order valence-electron chi connectivity index (χ1n) is 18.9. The second-order valence-electron chi connectivity index (χ2n) is 16.8. The molecule has 6 heterocycles. The fourth-order valence-corrected chi connectivity index (χ4v) is 7.66. The van der Waals surface area contributed by atoms with Crippen LogP contribution in [-0.2, 0) is 41.6 Å². The van der Waals surface area contributed by atoms with Gasteiger partial charge in [-0.2, -0.15) is 0 Å². The van der Waals surface area contributed by atoms with Gasteiger partial charge in [0.2, 0.25) is 0 Å². The number of nitrogens with zero attached hydrogens (tertiary/aromatic N) is 4. The van der Waals surface area contributed by atoms with Crippen LogP contribution in [0, 0.1) is 0 Å². The van der Waals surface area contributed by atoms with E-state index >= 15 is 0 Å². The predicted molar refractivity (Wildman–Crippen MR) is 195 cm³/mol. The topological polar surface area (TPSA) is 137 Å². The lowest BCUT2D eigenvalue weighted by molar-refractivity contribution is -0.0908. The summed E-state index contributed by atoms with van der Waals surface area (Å²) in [5, 5.41) is 0. The number of carbonyl (C=O) groups excluding carboxylic acids is 4. The molecule has 2 amide bonds. The number of morpholine rings is 2. The average molecular weight is 749 g/mol. The van der Waals surface area contributed by atoms with Crippen molar-refractivity contribution >= 4 is 24.1 Å². The second kappa shape index (κ2) is 15.1. The minimum absolute atomic E-state index is 0.0321. The first-order chi connectivity index (χ1) is 25.6. The summed E-state index contributed by atoms with van der Waals surface area (Å²) in [7, 11) is 0. The molecular formula is C40H52N4O10. The van der Waals surface area contributed by atoms with Crippen molar-refractivity contribution in [1.82, 2.24) is 19.6 Å². The van der Waals surface area contributed by atoms with Crippen LogP contribution in [0.15, 0.2) is 36.4 Å². The van der Waals surface area contributed by atoms with Crippen LogP contribution in [0.1, 0.15) is 96.7 Å². The lowest BCUT2D eigenvalue weighted by atomic mass is 10.00. The highest BCUT2D eigenvalue weighted by Gasteiger charge is 2.39. The molecule has 14 heteroatoms. The molecule has 0 spiro atoms. The zero-order chi connectivity index (χ0) is 38.4. The largest absolute Gasteiger partial charge is 0.457 e. The Bertz CT molecular complexity index is 1640. The van der Waals surface area contributed by atoms with Crippen molar-refractivity contribution in [2.24, 2.45) is 0 Å². The van der Waals surface area contributed by atoms with Gasteiger partial charge in [0.15, 0.2) is 0 Å². The van der Waals surface area contributed by atoms with E-state index in [2.05, 4.69) is 9.80 Å². The number of esters is 2. The monoisotopic (exact) mass is 748 g/mol. The van der Waals surface area contributed by atoms with Gasteiger partial charge >= 0.3 is 24.1 Å². The average Bonchev–Trinajstić information content (AvgIpc) is 3.70. The van der Waals surface area contributed by atoms with Gasteiger partial charge in [-0.05, 0) is 76.9 Å². The maximum Gasteiger partial charge on any atom is 0.410 e. The van der Waals surface area contributed by atoms with Gasteiger partial charge in [0.1, 0.15) is 24.4 Å². The molecule has 8 rings (SSSR count). The third-order valence-corrected chi connectivity index (χ3v) is 10.5. The van der Waals surface area contributed by atoms with Gasteiger partial charge < -0.3 is 38.2 Å². The van der Waals surface area contributed by atoms with E-state index < -0.39 is 11.2 Å². The highest BCUT2D eigenvalue weighted by molar-refractivity contribution is 5.94. The van der Waals surface area contributed by atoms with Crippen molar-refractivity contribution in [3.8, 4) is 0 Å². The molecule has 292 valence electrons. The molecule has 14 nitrogen and oxygen atoms in total. The first-order valence-corrected chi connectivity index (χ1v) is 18.9. The van der Waals surface area contributed by atoms with E-state index in [1.807, 2.05) is 77.9 Å². The van der Waals surface area contributed by atoms with E-state index in [0.717, 1.165) is 48.4 Å². The molecule has 0 N–H and O–H groups in total. The van der Waals surface area contributed by atoms with Crippen molar-refractivity contribution in [1.29, 1.82) is 0 Å². The lowest BCUT2D eigenvalue weighted by Gasteiger charge is -2.46. The molecule has 4 atom stereocenters. The standard InChI is InChI=1S/2C20H26N2O5/c2*1-20(2,3)27-19(24)22-7-6-21-10-17(25-12-15(21)9-22)13-4-5-16-14(8-13)11-26-18(16)23/h2*4-5,8,15,17H,6-7,9-12H2,1-3H3/t15-,17+;15-,17-/m00/s1. The quantitative estimate of drug-likeness (QED) is 0.311. The van der Waals surface area contributed by atoms with Crippen LogP contribution in [0.25, 0.3) is 0 Å². The van der Waals surface area contributed by atoms with Crippen LogP contribution in [0.4, 0.5) is 9.59 Å². The minimum Gasteiger partial charge on any atom is -0.457 e. The summed E-state index contributed by atoms with van der Waals surface area (Å²) in [5.41, 5.74) is 4.33. The maximum atomic E-state index is 12.3. The van der Waals surface area contributed by atoms with Crippen LogP contribution in [-0.4, -0.2) is 133 Å². The number of benzene rings is 2. The number of carbonyl (C=O) groups is 4. The van der Waals surface area contributed by atoms with E-state index in [1.165, 1.54) is 0 Å². The van der Waals surface area contributed by atoms with Crippen molar-refractivity contribution < 1.29 is 47.6 Å². The SMILES string of the molecule is CC(C)(C)OC(=O)N1CCN2C[C@@H](c3ccc4c(c3)COC4=O)OC[C@@H]2C1.CC(C)(C)OC(=O)N1CCN2C[C@H](c3ccc4c(c3)COC4=O)OC[C@@H]2C1. The van der Waals surface area contributed by atoms with E-state index in [1.54, 1.807) is 9.80 Å². The Morgan fingerprint density at radius 1 is 0.611 bits per heavy atom. The zero-order valence-corrected chi connectivity index (χ0v) is 32.1. The smallest absolute Gasteiger partial charge is 0.410 e. The third-order valence-electron chi connectivity index (χ3n) is 10.5. The van der Waals surface area contributed by atoms with E-state index in [0.29, 0.717) is 63.7 Å². The van der Waals surface area contributed by atoms with Gasteiger partial charge in [-0.25, -0.2) is 19.2 Å². The van der Waals surface area contributed by atoms with Crippen molar-refractivity contribution in [3.63, 3.8) is 0 Å². The van der Waals surface area contributed by atoms with Crippen LogP contribution in [0.5, 0.6) is 0 Å². The fraction of sp³-hybridized carbons (Fsp3) is 0.600. The van der Waals surface area contributed by atoms with Gasteiger partial charge in [0.25, 0.3) is 0 Å². The number of hydrogen-bond acceptors (Lipinski definition) is 12. The molecule has 0 unspecified atom stereocenters. The highest BCUT2D eigenvalue weighted by Crippen LogP contribution is 2.32. The molecule has 2 aromatic rings. The molecule has 0 bridgehead atoms. The molecule has 4 saturated heterocycles. The molecule has 54 heavy (non-hydrogen) atoms. The number of hydrogen-bond donors (Lipinski definition) is 0. The van der Waals surface area contributed by atoms with Gasteiger partial charge in [0.05, 0.1) is 48.6 Å². The number of fused-ring (bicyclic) bond motifs is 4. The summed E-state index contributed by atoms with van der Waals surface area (Å²) >= 11 is 0. The molecular weight excluding hydrogens is 696 g/mol. The summed E-state index contributed by atoms with van der Waals surface area (Å²) in [6.07, 6.45) is -0.578. The van der Waals surface area contributed by atoms with Crippen molar-refractivity contribution in [3.05, 3.63) is 69.8 Å². The minimum atomic E-state index is -0.485. The van der Waals surface area contributed by atoms with Gasteiger partial charge in [0, 0.05) is 63.5 Å². The highest BCUT2D eigenvalue weighted by atomic mass is 16.6. The zero-order valence-electron chi connectivity index (χ0n) is 32.1. The van der Waals surface area contributed by atoms with Gasteiger partial charge in [-0.3, -0.25) is 9.80 Å². The summed E-state index contributed by atoms with van der Waals surface area (Å²) in [5.74, 6) is -0.501. The van der Waals surface area contributed by atoms with E-state index in [9.17, 15) is 19.2 Å². The lowest BCUT2D eigenvalue weighted by Crippen LogP contribution is -2.60. The molecule has 0 aliphatic carbocycles. The number of ether oxygens (including phenoxy) is 6. The first kappa shape index (κ1) is 38.1. The van der Waals surface area contributed by atoms with E-state index in [4.69, 9.17) is 28.4 Å². The van der Waals surface area contributed by atoms with Crippen LogP contribution < -0.4 is 0 Å². The van der Waals surface area contributed by atoms with E-state index in [-0.39, 0.29) is 48.4 Å². The molecule has 6 aliphatic rings. The van der Waals surface area contributed by atoms with Gasteiger partial charge in [-0.15, -0.1) is 0 Å². The number of rotatable bonds is 2. The molecule has 0 radical (unpaired) electrons. The molecule has 0 aromatic heterocycles. The Morgan fingerprint density at radius 2 is 1.02 bits per heavy atom. The predicted octanol–water partition coefficient (Wildman–Crippen LogP) is 4.70. The number of cyclic esters (lactones) is 2. The van der Waals surface area contributed by atoms with Crippen LogP contribution in [0.2, 0.25) is 0 Å². The number of amides is 2. The Morgan fingerprint density at radius 3 is 1.41 bits per heavy atom. The fourth-order valence-electron chi connectivity index (χ4n) is 7.66. The second-order valence-corrected chi connectivity index (χ2v) is 16.8. The molecule has 2 aromatic carbocycles. The van der Waals surface area contributed by atoms with Crippen LogP contribution >= 0.6 is 0 Å². The summed E-state index contributed by atoms with van der Waals surface area (Å²) in [4.78, 5) is 56.1. The van der Waals surface area contributed by atoms with Crippen LogP contribution in [0.3, 0.4) is 0 Å². The molecule has 6 aliphatic heterocycles. The summed E-state index contributed by atoms with van der Waals surface area (Å²) in [6.45, 7) is 18.8. The normalized spacial score (nSPS) is 25.6. The Balaban J connectivity index is 0.000000167. The Labute approximate surface area is 316 Å². The van der Waals surface area contributed by atoms with Crippen molar-refractivity contribution in [2.45, 2.75) is 90.2 Å². The molecule has 0 saturated carbocycles.